The Kier molecular flexibility index (Phi) is 8.00. The Balaban J connectivity index is 1.56. The van der Waals surface area contributed by atoms with Crippen LogP contribution in [0.3, 0.4) is 0 Å². The monoisotopic (exact) mass is 511 g/mol. The van der Waals surface area contributed by atoms with E-state index in [2.05, 4.69) is 9.97 Å². The largest absolute Gasteiger partial charge is 0.433 e. The fraction of sp³-hybridized carbons (Fsp3) is 0.148. The average Bonchev–Trinajstić information content (AvgIpc) is 2.88. The van der Waals surface area contributed by atoms with E-state index in [9.17, 15) is 22.4 Å². The second-order valence-electron chi connectivity index (χ2n) is 7.94. The molecular formula is C27H21F4N3OS. The van der Waals surface area contributed by atoms with Crippen LogP contribution in [0.4, 0.5) is 17.6 Å². The van der Waals surface area contributed by atoms with Gasteiger partial charge in [0, 0.05) is 18.7 Å². The van der Waals surface area contributed by atoms with Crippen molar-refractivity contribution in [3.8, 4) is 11.3 Å². The number of thioether (sulfide) groups is 1. The predicted octanol–water partition coefficient (Wildman–Crippen LogP) is 6.62. The summed E-state index contributed by atoms with van der Waals surface area (Å²) in [6.07, 6.45) is -4.70. The van der Waals surface area contributed by atoms with E-state index in [1.807, 2.05) is 60.7 Å². The summed E-state index contributed by atoms with van der Waals surface area (Å²) in [5.41, 5.74) is 1.04. The van der Waals surface area contributed by atoms with Crippen LogP contribution in [-0.2, 0) is 24.1 Å². The zero-order valence-electron chi connectivity index (χ0n) is 19.0. The zero-order chi connectivity index (χ0) is 25.5. The van der Waals surface area contributed by atoms with E-state index in [0.29, 0.717) is 18.7 Å². The van der Waals surface area contributed by atoms with Crippen molar-refractivity contribution in [3.63, 3.8) is 0 Å². The van der Waals surface area contributed by atoms with E-state index in [1.54, 1.807) is 4.90 Å². The smallest absolute Gasteiger partial charge is 0.333 e. The lowest BCUT2D eigenvalue weighted by Gasteiger charge is -2.23. The van der Waals surface area contributed by atoms with Crippen LogP contribution in [0, 0.1) is 5.82 Å². The van der Waals surface area contributed by atoms with Crippen LogP contribution in [0.1, 0.15) is 16.8 Å². The topological polar surface area (TPSA) is 46.1 Å². The van der Waals surface area contributed by atoms with Gasteiger partial charge < -0.3 is 4.90 Å². The van der Waals surface area contributed by atoms with Crippen molar-refractivity contribution in [1.82, 2.24) is 14.9 Å². The van der Waals surface area contributed by atoms with Crippen molar-refractivity contribution in [2.24, 2.45) is 0 Å². The Morgan fingerprint density at radius 3 is 1.89 bits per heavy atom. The molecule has 4 rings (SSSR count). The SMILES string of the molecule is O=C(CSc1nc(-c2ccc(F)cc2)cc(C(F)(F)F)n1)N(Cc1ccccc1)Cc1ccccc1. The molecule has 0 fully saturated rings. The highest BCUT2D eigenvalue weighted by Crippen LogP contribution is 2.32. The number of amides is 1. The molecule has 0 saturated heterocycles. The number of hydrogen-bond donors (Lipinski definition) is 0. The summed E-state index contributed by atoms with van der Waals surface area (Å²) < 4.78 is 53.8. The molecule has 0 atom stereocenters. The Labute approximate surface area is 210 Å². The van der Waals surface area contributed by atoms with Gasteiger partial charge in [0.1, 0.15) is 11.5 Å². The first kappa shape index (κ1) is 25.4. The van der Waals surface area contributed by atoms with Crippen LogP contribution in [-0.4, -0.2) is 26.5 Å². The molecular weight excluding hydrogens is 490 g/mol. The lowest BCUT2D eigenvalue weighted by Crippen LogP contribution is -2.31. The summed E-state index contributed by atoms with van der Waals surface area (Å²) in [5.74, 6) is -0.929. The Hall–Kier alpha value is -3.72. The van der Waals surface area contributed by atoms with Crippen molar-refractivity contribution in [2.75, 3.05) is 5.75 Å². The predicted molar refractivity (Wildman–Crippen MR) is 130 cm³/mol. The maximum atomic E-state index is 13.5. The van der Waals surface area contributed by atoms with E-state index >= 15 is 0 Å². The van der Waals surface area contributed by atoms with Gasteiger partial charge in [0.05, 0.1) is 11.4 Å². The van der Waals surface area contributed by atoms with Crippen LogP contribution in [0.2, 0.25) is 0 Å². The van der Waals surface area contributed by atoms with Gasteiger partial charge in [0.2, 0.25) is 5.91 Å². The quantitative estimate of drug-likeness (QED) is 0.152. The Bertz CT molecular complexity index is 1260. The number of benzene rings is 3. The lowest BCUT2D eigenvalue weighted by atomic mass is 10.1. The number of rotatable bonds is 8. The van der Waals surface area contributed by atoms with Gasteiger partial charge in [-0.15, -0.1) is 0 Å². The molecule has 0 aliphatic heterocycles. The number of hydrogen-bond acceptors (Lipinski definition) is 4. The number of carbonyl (C=O) groups excluding carboxylic acids is 1. The van der Waals surface area contributed by atoms with Gasteiger partial charge in [-0.05, 0) is 41.5 Å². The molecule has 0 aliphatic carbocycles. The first-order chi connectivity index (χ1) is 17.3. The maximum absolute atomic E-state index is 13.5. The fourth-order valence-electron chi connectivity index (χ4n) is 3.46. The van der Waals surface area contributed by atoms with Crippen LogP contribution in [0.25, 0.3) is 11.3 Å². The summed E-state index contributed by atoms with van der Waals surface area (Å²) in [5, 5.41) is -0.183. The molecule has 0 aliphatic rings. The molecule has 0 saturated carbocycles. The normalized spacial score (nSPS) is 11.3. The lowest BCUT2D eigenvalue weighted by molar-refractivity contribution is -0.141. The van der Waals surface area contributed by atoms with Gasteiger partial charge in [-0.1, -0.05) is 72.4 Å². The highest BCUT2D eigenvalue weighted by Gasteiger charge is 2.34. The molecule has 1 amide bonds. The summed E-state index contributed by atoms with van der Waals surface area (Å²) in [6, 6.07) is 24.7. The minimum atomic E-state index is -4.70. The molecule has 4 aromatic rings. The third-order valence-electron chi connectivity index (χ3n) is 5.25. The van der Waals surface area contributed by atoms with Gasteiger partial charge in [-0.25, -0.2) is 14.4 Å². The van der Waals surface area contributed by atoms with Crippen LogP contribution < -0.4 is 0 Å². The number of carbonyl (C=O) groups is 1. The molecule has 0 unspecified atom stereocenters. The standard InChI is InChI=1S/C27H21F4N3OS/c28-22-13-11-21(12-14-22)23-15-24(27(29,30)31)33-26(32-23)36-18-25(35)34(16-19-7-3-1-4-8-19)17-20-9-5-2-6-10-20/h1-15H,16-18H2. The number of nitrogens with zero attached hydrogens (tertiary/aromatic N) is 3. The maximum Gasteiger partial charge on any atom is 0.433 e. The Morgan fingerprint density at radius 1 is 0.806 bits per heavy atom. The molecule has 4 nitrogen and oxygen atoms in total. The minimum Gasteiger partial charge on any atom is -0.333 e. The first-order valence-electron chi connectivity index (χ1n) is 11.0. The van der Waals surface area contributed by atoms with Crippen molar-refractivity contribution < 1.29 is 22.4 Å². The molecule has 36 heavy (non-hydrogen) atoms. The summed E-state index contributed by atoms with van der Waals surface area (Å²) in [6.45, 7) is 0.693. The van der Waals surface area contributed by atoms with E-state index in [4.69, 9.17) is 0 Å². The fourth-order valence-corrected chi connectivity index (χ4v) is 4.22. The summed E-state index contributed by atoms with van der Waals surface area (Å²) in [7, 11) is 0. The zero-order valence-corrected chi connectivity index (χ0v) is 19.8. The third-order valence-corrected chi connectivity index (χ3v) is 6.08. The van der Waals surface area contributed by atoms with E-state index in [0.717, 1.165) is 41.1 Å². The summed E-state index contributed by atoms with van der Waals surface area (Å²) >= 11 is 0.833. The molecule has 0 bridgehead atoms. The summed E-state index contributed by atoms with van der Waals surface area (Å²) in [4.78, 5) is 22.7. The molecule has 1 aromatic heterocycles. The molecule has 0 radical (unpaired) electrons. The van der Waals surface area contributed by atoms with Crippen molar-refractivity contribution >= 4 is 17.7 Å². The van der Waals surface area contributed by atoms with Crippen molar-refractivity contribution in [1.29, 1.82) is 0 Å². The van der Waals surface area contributed by atoms with Crippen LogP contribution in [0.15, 0.2) is 96.2 Å². The van der Waals surface area contributed by atoms with E-state index < -0.39 is 17.7 Å². The molecule has 1 heterocycles. The Morgan fingerprint density at radius 2 is 1.36 bits per heavy atom. The van der Waals surface area contributed by atoms with E-state index in [1.165, 1.54) is 12.1 Å². The van der Waals surface area contributed by atoms with Gasteiger partial charge in [0.15, 0.2) is 5.16 Å². The second-order valence-corrected chi connectivity index (χ2v) is 8.88. The van der Waals surface area contributed by atoms with Gasteiger partial charge in [0.25, 0.3) is 0 Å². The van der Waals surface area contributed by atoms with Crippen LogP contribution in [0.5, 0.6) is 0 Å². The third kappa shape index (κ3) is 6.91. The van der Waals surface area contributed by atoms with Gasteiger partial charge >= 0.3 is 6.18 Å². The molecule has 3 aromatic carbocycles. The van der Waals surface area contributed by atoms with E-state index in [-0.39, 0.29) is 22.5 Å². The highest BCUT2D eigenvalue weighted by atomic mass is 32.2. The van der Waals surface area contributed by atoms with Gasteiger partial charge in [-0.2, -0.15) is 13.2 Å². The minimum absolute atomic E-state index is 0.00213. The average molecular weight is 512 g/mol. The van der Waals surface area contributed by atoms with Crippen LogP contribution >= 0.6 is 11.8 Å². The molecule has 0 N–H and O–H groups in total. The van der Waals surface area contributed by atoms with Crippen molar-refractivity contribution in [3.05, 3.63) is 114 Å². The first-order valence-corrected chi connectivity index (χ1v) is 12.0. The molecule has 184 valence electrons. The number of aromatic nitrogens is 2. The number of alkyl halides is 3. The van der Waals surface area contributed by atoms with Gasteiger partial charge in [-0.3, -0.25) is 4.79 Å². The second kappa shape index (κ2) is 11.3. The highest BCUT2D eigenvalue weighted by molar-refractivity contribution is 7.99. The molecule has 9 heteroatoms. The molecule has 0 spiro atoms. The van der Waals surface area contributed by atoms with Crippen molar-refractivity contribution in [2.45, 2.75) is 24.4 Å². The number of halogens is 4.